The highest BCUT2D eigenvalue weighted by atomic mass is 14.8. The van der Waals surface area contributed by atoms with Crippen molar-refractivity contribution in [2.24, 2.45) is 4.99 Å². The third-order valence-electron chi connectivity index (χ3n) is 7.23. The number of rotatable bonds is 5. The van der Waals surface area contributed by atoms with Crippen LogP contribution in [0.3, 0.4) is 0 Å². The summed E-state index contributed by atoms with van der Waals surface area (Å²) in [5.74, 6) is 0. The monoisotopic (exact) mass is 503 g/mol. The molecular formula is C36H29N3. The molecule has 0 aliphatic carbocycles. The Hall–Kier alpha value is -4.89. The van der Waals surface area contributed by atoms with Gasteiger partial charge in [0, 0.05) is 29.2 Å². The van der Waals surface area contributed by atoms with E-state index < -0.39 is 0 Å². The summed E-state index contributed by atoms with van der Waals surface area (Å²) in [5, 5.41) is 2.46. The van der Waals surface area contributed by atoms with Crippen molar-refractivity contribution in [1.29, 1.82) is 0 Å². The van der Waals surface area contributed by atoms with E-state index in [9.17, 15) is 0 Å². The van der Waals surface area contributed by atoms with Gasteiger partial charge < -0.3 is 0 Å². The summed E-state index contributed by atoms with van der Waals surface area (Å²) in [6.07, 6.45) is 3.47. The summed E-state index contributed by atoms with van der Waals surface area (Å²) in [5.41, 5.74) is 11.7. The van der Waals surface area contributed by atoms with Crippen LogP contribution < -0.4 is 0 Å². The first-order valence-electron chi connectivity index (χ1n) is 13.2. The molecule has 0 aliphatic heterocycles. The van der Waals surface area contributed by atoms with Gasteiger partial charge in [-0.1, -0.05) is 91.0 Å². The Morgan fingerprint density at radius 1 is 0.590 bits per heavy atom. The molecule has 0 fully saturated rings. The lowest BCUT2D eigenvalue weighted by Crippen LogP contribution is -2.01. The average Bonchev–Trinajstić information content (AvgIpc) is 2.98. The zero-order valence-corrected chi connectivity index (χ0v) is 22.4. The van der Waals surface area contributed by atoms with Gasteiger partial charge in [0.25, 0.3) is 0 Å². The smallest absolute Gasteiger partial charge is 0.0921 e. The third-order valence-corrected chi connectivity index (χ3v) is 7.23. The number of benzene rings is 5. The van der Waals surface area contributed by atoms with Crippen molar-refractivity contribution in [2.75, 3.05) is 0 Å². The van der Waals surface area contributed by atoms with Crippen molar-refractivity contribution in [3.8, 4) is 33.5 Å². The van der Waals surface area contributed by atoms with Crippen LogP contribution in [0.2, 0.25) is 0 Å². The van der Waals surface area contributed by atoms with Gasteiger partial charge in [0.15, 0.2) is 0 Å². The number of aromatic nitrogens is 2. The first-order valence-corrected chi connectivity index (χ1v) is 13.2. The van der Waals surface area contributed by atoms with Gasteiger partial charge in [0.2, 0.25) is 0 Å². The molecule has 0 saturated carbocycles. The van der Waals surface area contributed by atoms with Crippen molar-refractivity contribution in [3.05, 3.63) is 138 Å². The molecule has 6 rings (SSSR count). The summed E-state index contributed by atoms with van der Waals surface area (Å²) < 4.78 is 0. The first kappa shape index (κ1) is 24.4. The lowest BCUT2D eigenvalue weighted by Gasteiger charge is -2.12. The minimum atomic E-state index is 0.889. The van der Waals surface area contributed by atoms with Gasteiger partial charge in [0.1, 0.15) is 0 Å². The van der Waals surface area contributed by atoms with Crippen LogP contribution >= 0.6 is 0 Å². The fourth-order valence-corrected chi connectivity index (χ4v) is 5.06. The number of hydrogen-bond donors (Lipinski definition) is 0. The second-order valence-electron chi connectivity index (χ2n) is 9.88. The van der Waals surface area contributed by atoms with Crippen molar-refractivity contribution < 1.29 is 0 Å². The minimum absolute atomic E-state index is 0.889. The fraction of sp³-hybridized carbons (Fsp3) is 0.0833. The number of aryl methyl sites for hydroxylation is 2. The normalized spacial score (nSPS) is 11.6. The number of hydrogen-bond acceptors (Lipinski definition) is 3. The quantitative estimate of drug-likeness (QED) is 0.220. The van der Waals surface area contributed by atoms with Crippen LogP contribution in [-0.4, -0.2) is 15.7 Å². The van der Waals surface area contributed by atoms with E-state index in [0.29, 0.717) is 0 Å². The van der Waals surface area contributed by atoms with Crippen LogP contribution in [0.5, 0.6) is 0 Å². The highest BCUT2D eigenvalue weighted by Crippen LogP contribution is 2.32. The lowest BCUT2D eigenvalue weighted by atomic mass is 9.97. The molecule has 0 N–H and O–H groups in total. The first-order chi connectivity index (χ1) is 19.1. The molecule has 1 aromatic heterocycles. The lowest BCUT2D eigenvalue weighted by molar-refractivity contribution is 1.12. The maximum absolute atomic E-state index is 5.11. The standard InChI is InChI=1S/C36H29N3/c1-24-13-14-32(31-18-17-29-21-28(15-16-30(29)22-31)27-9-5-4-6-10-27)23-35(24)39-25(2)33-11-7-8-12-34(33)36-26(3)37-19-20-38-36/h4-23H,1-3H3. The number of nitrogens with zero attached hydrogens (tertiary/aromatic N) is 3. The Morgan fingerprint density at radius 3 is 1.95 bits per heavy atom. The molecule has 5 aromatic carbocycles. The van der Waals surface area contributed by atoms with E-state index in [1.165, 1.54) is 27.5 Å². The number of aliphatic imine (C=N–C) groups is 1. The van der Waals surface area contributed by atoms with E-state index in [0.717, 1.165) is 45.0 Å². The Labute approximate surface area is 229 Å². The van der Waals surface area contributed by atoms with Crippen LogP contribution in [0.25, 0.3) is 44.3 Å². The fourth-order valence-electron chi connectivity index (χ4n) is 5.06. The van der Waals surface area contributed by atoms with Crippen LogP contribution in [0.15, 0.2) is 127 Å². The molecule has 6 aromatic rings. The second kappa shape index (κ2) is 10.5. The molecule has 3 heteroatoms. The SMILES string of the molecule is CC(=Nc1cc(-c2ccc3cc(-c4ccccc4)ccc3c2)ccc1C)c1ccccc1-c1nccnc1C. The van der Waals surface area contributed by atoms with E-state index >= 15 is 0 Å². The van der Waals surface area contributed by atoms with E-state index in [1.54, 1.807) is 12.4 Å². The maximum Gasteiger partial charge on any atom is 0.0921 e. The zero-order valence-electron chi connectivity index (χ0n) is 22.4. The van der Waals surface area contributed by atoms with Gasteiger partial charge >= 0.3 is 0 Å². The minimum Gasteiger partial charge on any atom is -0.258 e. The van der Waals surface area contributed by atoms with Gasteiger partial charge in [-0.25, -0.2) is 0 Å². The predicted octanol–water partition coefficient (Wildman–Crippen LogP) is 9.39. The van der Waals surface area contributed by atoms with Crippen molar-refractivity contribution >= 4 is 22.2 Å². The molecule has 0 atom stereocenters. The van der Waals surface area contributed by atoms with Gasteiger partial charge in [-0.05, 0) is 77.6 Å². The summed E-state index contributed by atoms with van der Waals surface area (Å²) in [7, 11) is 0. The van der Waals surface area contributed by atoms with E-state index in [1.807, 2.05) is 19.1 Å². The maximum atomic E-state index is 5.11. The molecule has 188 valence electrons. The summed E-state index contributed by atoms with van der Waals surface area (Å²) in [6, 6.07) is 38.7. The van der Waals surface area contributed by atoms with Crippen LogP contribution in [0.4, 0.5) is 5.69 Å². The third kappa shape index (κ3) is 4.99. The van der Waals surface area contributed by atoms with Crippen molar-refractivity contribution in [3.63, 3.8) is 0 Å². The predicted molar refractivity (Wildman–Crippen MR) is 164 cm³/mol. The Kier molecular flexibility index (Phi) is 6.56. The Balaban J connectivity index is 1.36. The van der Waals surface area contributed by atoms with E-state index in [4.69, 9.17) is 4.99 Å². The molecule has 0 spiro atoms. The molecule has 0 aliphatic rings. The Bertz CT molecular complexity index is 1830. The molecule has 0 saturated heterocycles. The van der Waals surface area contributed by atoms with E-state index in [-0.39, 0.29) is 0 Å². The molecule has 0 bridgehead atoms. The highest BCUT2D eigenvalue weighted by molar-refractivity contribution is 6.05. The van der Waals surface area contributed by atoms with Crippen molar-refractivity contribution in [2.45, 2.75) is 20.8 Å². The van der Waals surface area contributed by atoms with Crippen LogP contribution in [-0.2, 0) is 0 Å². The summed E-state index contributed by atoms with van der Waals surface area (Å²) >= 11 is 0. The zero-order chi connectivity index (χ0) is 26.8. The molecule has 39 heavy (non-hydrogen) atoms. The van der Waals surface area contributed by atoms with Crippen LogP contribution in [0.1, 0.15) is 23.7 Å². The van der Waals surface area contributed by atoms with Gasteiger partial charge in [0.05, 0.1) is 17.1 Å². The molecule has 0 amide bonds. The van der Waals surface area contributed by atoms with Gasteiger partial charge in [-0.3, -0.25) is 15.0 Å². The molecular weight excluding hydrogens is 474 g/mol. The molecule has 0 unspecified atom stereocenters. The molecule has 3 nitrogen and oxygen atoms in total. The van der Waals surface area contributed by atoms with Gasteiger partial charge in [-0.2, -0.15) is 0 Å². The number of fused-ring (bicyclic) bond motifs is 1. The highest BCUT2D eigenvalue weighted by Gasteiger charge is 2.12. The van der Waals surface area contributed by atoms with E-state index in [2.05, 4.69) is 121 Å². The van der Waals surface area contributed by atoms with Crippen LogP contribution in [0, 0.1) is 13.8 Å². The average molecular weight is 504 g/mol. The summed E-state index contributed by atoms with van der Waals surface area (Å²) in [6.45, 7) is 6.17. The van der Waals surface area contributed by atoms with Crippen molar-refractivity contribution in [1.82, 2.24) is 9.97 Å². The topological polar surface area (TPSA) is 38.1 Å². The largest absolute Gasteiger partial charge is 0.258 e. The molecule has 1 heterocycles. The Morgan fingerprint density at radius 2 is 1.21 bits per heavy atom. The van der Waals surface area contributed by atoms with Gasteiger partial charge in [-0.15, -0.1) is 0 Å². The molecule has 0 radical (unpaired) electrons. The second-order valence-corrected chi connectivity index (χ2v) is 9.88. The summed E-state index contributed by atoms with van der Waals surface area (Å²) in [4.78, 5) is 14.1.